The first-order chi connectivity index (χ1) is 7.50. The van der Waals surface area contributed by atoms with Gasteiger partial charge in [-0.3, -0.25) is 4.79 Å². The minimum atomic E-state index is -0.00350. The van der Waals surface area contributed by atoms with Crippen LogP contribution in [0.25, 0.3) is 0 Å². The standard InChI is InChI=1S/C13H18N2O/c1-9-7-10(3-4-11(9)14)12(16)15-8-13(2)5-6-13/h3-4,7H,5-6,8,14H2,1-2H3,(H,15,16). The van der Waals surface area contributed by atoms with Crippen molar-refractivity contribution in [1.29, 1.82) is 0 Å². The van der Waals surface area contributed by atoms with E-state index >= 15 is 0 Å². The third-order valence-corrected chi connectivity index (χ3v) is 3.31. The van der Waals surface area contributed by atoms with E-state index in [1.165, 1.54) is 12.8 Å². The number of nitrogens with one attached hydrogen (secondary N) is 1. The molecule has 3 heteroatoms. The van der Waals surface area contributed by atoms with E-state index in [9.17, 15) is 4.79 Å². The molecule has 86 valence electrons. The summed E-state index contributed by atoms with van der Waals surface area (Å²) in [4.78, 5) is 11.8. The van der Waals surface area contributed by atoms with Gasteiger partial charge in [0.05, 0.1) is 0 Å². The van der Waals surface area contributed by atoms with E-state index in [0.29, 0.717) is 11.0 Å². The molecule has 1 amide bonds. The molecule has 0 spiro atoms. The van der Waals surface area contributed by atoms with Gasteiger partial charge in [-0.1, -0.05) is 6.92 Å². The first-order valence-corrected chi connectivity index (χ1v) is 5.65. The van der Waals surface area contributed by atoms with E-state index in [0.717, 1.165) is 17.8 Å². The molecule has 1 aromatic carbocycles. The maximum Gasteiger partial charge on any atom is 0.251 e. The summed E-state index contributed by atoms with van der Waals surface area (Å²) in [5, 5.41) is 2.97. The van der Waals surface area contributed by atoms with Gasteiger partial charge in [0.1, 0.15) is 0 Å². The molecule has 0 radical (unpaired) electrons. The van der Waals surface area contributed by atoms with E-state index in [1.807, 2.05) is 13.0 Å². The molecule has 0 unspecified atom stereocenters. The van der Waals surface area contributed by atoms with Crippen molar-refractivity contribution in [3.05, 3.63) is 29.3 Å². The lowest BCUT2D eigenvalue weighted by molar-refractivity contribution is 0.0946. The van der Waals surface area contributed by atoms with Crippen LogP contribution in [-0.2, 0) is 0 Å². The third-order valence-electron chi connectivity index (χ3n) is 3.31. The lowest BCUT2D eigenvalue weighted by Crippen LogP contribution is -2.29. The Morgan fingerprint density at radius 1 is 1.50 bits per heavy atom. The summed E-state index contributed by atoms with van der Waals surface area (Å²) in [7, 11) is 0. The molecule has 0 aliphatic heterocycles. The lowest BCUT2D eigenvalue weighted by Gasteiger charge is -2.10. The maximum absolute atomic E-state index is 11.8. The summed E-state index contributed by atoms with van der Waals surface area (Å²) in [6.45, 7) is 4.88. The van der Waals surface area contributed by atoms with Crippen LogP contribution in [0.4, 0.5) is 5.69 Å². The van der Waals surface area contributed by atoms with Crippen LogP contribution in [0.3, 0.4) is 0 Å². The predicted molar refractivity (Wildman–Crippen MR) is 65.3 cm³/mol. The molecule has 1 saturated carbocycles. The highest BCUT2D eigenvalue weighted by Gasteiger charge is 2.37. The van der Waals surface area contributed by atoms with Crippen molar-refractivity contribution in [2.45, 2.75) is 26.7 Å². The van der Waals surface area contributed by atoms with Crippen LogP contribution < -0.4 is 11.1 Å². The molecule has 3 nitrogen and oxygen atoms in total. The molecular formula is C13H18N2O. The Hall–Kier alpha value is -1.51. The van der Waals surface area contributed by atoms with E-state index in [1.54, 1.807) is 12.1 Å². The van der Waals surface area contributed by atoms with Crippen molar-refractivity contribution in [1.82, 2.24) is 5.32 Å². The van der Waals surface area contributed by atoms with Gasteiger partial charge >= 0.3 is 0 Å². The molecule has 2 rings (SSSR count). The first-order valence-electron chi connectivity index (χ1n) is 5.65. The number of carbonyl (C=O) groups is 1. The van der Waals surface area contributed by atoms with Crippen LogP contribution in [0.2, 0.25) is 0 Å². The molecule has 1 aliphatic rings. The van der Waals surface area contributed by atoms with Gasteiger partial charge < -0.3 is 11.1 Å². The molecule has 3 N–H and O–H groups in total. The minimum Gasteiger partial charge on any atom is -0.399 e. The van der Waals surface area contributed by atoms with Gasteiger partial charge in [-0.25, -0.2) is 0 Å². The Balaban J connectivity index is 2.00. The van der Waals surface area contributed by atoms with Gasteiger partial charge in [-0.2, -0.15) is 0 Å². The quantitative estimate of drug-likeness (QED) is 0.763. The second-order valence-corrected chi connectivity index (χ2v) is 5.06. The number of anilines is 1. The van der Waals surface area contributed by atoms with E-state index in [2.05, 4.69) is 12.2 Å². The van der Waals surface area contributed by atoms with Crippen molar-refractivity contribution in [3.63, 3.8) is 0 Å². The van der Waals surface area contributed by atoms with Crippen LogP contribution in [-0.4, -0.2) is 12.5 Å². The number of carbonyl (C=O) groups excluding carboxylic acids is 1. The number of amides is 1. The Bertz CT molecular complexity index is 422. The summed E-state index contributed by atoms with van der Waals surface area (Å²) in [6, 6.07) is 5.38. The van der Waals surface area contributed by atoms with Crippen LogP contribution >= 0.6 is 0 Å². The molecular weight excluding hydrogens is 200 g/mol. The van der Waals surface area contributed by atoms with E-state index in [-0.39, 0.29) is 5.91 Å². The lowest BCUT2D eigenvalue weighted by atomic mass is 10.1. The first kappa shape index (κ1) is 11.0. The zero-order chi connectivity index (χ0) is 11.8. The Morgan fingerprint density at radius 2 is 2.19 bits per heavy atom. The van der Waals surface area contributed by atoms with E-state index in [4.69, 9.17) is 5.73 Å². The number of aryl methyl sites for hydroxylation is 1. The second kappa shape index (κ2) is 3.81. The molecule has 0 aromatic heterocycles. The van der Waals surface area contributed by atoms with Crippen molar-refractivity contribution >= 4 is 11.6 Å². The average Bonchev–Trinajstić information content (AvgIpc) is 2.98. The van der Waals surface area contributed by atoms with E-state index < -0.39 is 0 Å². The second-order valence-electron chi connectivity index (χ2n) is 5.06. The monoisotopic (exact) mass is 218 g/mol. The Morgan fingerprint density at radius 3 is 2.75 bits per heavy atom. The van der Waals surface area contributed by atoms with Gasteiger partial charge in [0.15, 0.2) is 0 Å². The molecule has 1 fully saturated rings. The molecule has 1 aromatic rings. The highest BCUT2D eigenvalue weighted by molar-refractivity contribution is 5.94. The van der Waals surface area contributed by atoms with Crippen molar-refractivity contribution < 1.29 is 4.79 Å². The van der Waals surface area contributed by atoms with Gasteiger partial charge in [-0.05, 0) is 48.9 Å². The number of hydrogen-bond acceptors (Lipinski definition) is 2. The molecule has 1 aliphatic carbocycles. The Labute approximate surface area is 96.0 Å². The van der Waals surface area contributed by atoms with Gasteiger partial charge in [0.2, 0.25) is 0 Å². The fourth-order valence-electron chi connectivity index (χ4n) is 1.60. The SMILES string of the molecule is Cc1cc(C(=O)NCC2(C)CC2)ccc1N. The number of hydrogen-bond donors (Lipinski definition) is 2. The topological polar surface area (TPSA) is 55.1 Å². The van der Waals surface area contributed by atoms with Gasteiger partial charge in [0.25, 0.3) is 5.91 Å². The fraction of sp³-hybridized carbons (Fsp3) is 0.462. The smallest absolute Gasteiger partial charge is 0.251 e. The highest BCUT2D eigenvalue weighted by Crippen LogP contribution is 2.44. The summed E-state index contributed by atoms with van der Waals surface area (Å²) in [6.07, 6.45) is 2.43. The summed E-state index contributed by atoms with van der Waals surface area (Å²) in [5.74, 6) is -0.00350. The summed E-state index contributed by atoms with van der Waals surface area (Å²) < 4.78 is 0. The summed E-state index contributed by atoms with van der Waals surface area (Å²) in [5.41, 5.74) is 8.42. The van der Waals surface area contributed by atoms with Crippen LogP contribution in [0.1, 0.15) is 35.7 Å². The van der Waals surface area contributed by atoms with Crippen LogP contribution in [0, 0.1) is 12.3 Å². The van der Waals surface area contributed by atoms with Crippen LogP contribution in [0.15, 0.2) is 18.2 Å². The summed E-state index contributed by atoms with van der Waals surface area (Å²) >= 11 is 0. The zero-order valence-electron chi connectivity index (χ0n) is 9.84. The van der Waals surface area contributed by atoms with Gasteiger partial charge in [-0.15, -0.1) is 0 Å². The number of nitrogen functional groups attached to an aromatic ring is 1. The van der Waals surface area contributed by atoms with Crippen LogP contribution in [0.5, 0.6) is 0 Å². The number of nitrogens with two attached hydrogens (primary N) is 1. The van der Waals surface area contributed by atoms with Crippen molar-refractivity contribution in [2.24, 2.45) is 5.41 Å². The third kappa shape index (κ3) is 2.35. The highest BCUT2D eigenvalue weighted by atomic mass is 16.1. The molecule has 0 heterocycles. The zero-order valence-corrected chi connectivity index (χ0v) is 9.84. The normalized spacial score (nSPS) is 16.9. The minimum absolute atomic E-state index is 0.00350. The van der Waals surface area contributed by atoms with Crippen molar-refractivity contribution in [3.8, 4) is 0 Å². The predicted octanol–water partition coefficient (Wildman–Crippen LogP) is 2.11. The maximum atomic E-state index is 11.8. The fourth-order valence-corrected chi connectivity index (χ4v) is 1.60. The Kier molecular flexibility index (Phi) is 2.62. The molecule has 0 bridgehead atoms. The van der Waals surface area contributed by atoms with Gasteiger partial charge in [0, 0.05) is 17.8 Å². The molecule has 0 saturated heterocycles. The largest absolute Gasteiger partial charge is 0.399 e. The molecule has 0 atom stereocenters. The number of benzene rings is 1. The number of rotatable bonds is 3. The van der Waals surface area contributed by atoms with Crippen molar-refractivity contribution in [2.75, 3.05) is 12.3 Å². The average molecular weight is 218 g/mol. The molecule has 16 heavy (non-hydrogen) atoms.